The number of amides is 1. The third kappa shape index (κ3) is 4.51. The van der Waals surface area contributed by atoms with Crippen molar-refractivity contribution in [3.63, 3.8) is 0 Å². The van der Waals surface area contributed by atoms with Crippen LogP contribution in [0.2, 0.25) is 0 Å². The van der Waals surface area contributed by atoms with Gasteiger partial charge in [0, 0.05) is 10.9 Å². The molecule has 0 radical (unpaired) electrons. The van der Waals surface area contributed by atoms with Crippen LogP contribution in [0.25, 0.3) is 11.0 Å². The molecule has 0 spiro atoms. The number of furan rings is 1. The van der Waals surface area contributed by atoms with Crippen molar-refractivity contribution in [1.29, 1.82) is 0 Å². The molecule has 33 heavy (non-hydrogen) atoms. The lowest BCUT2D eigenvalue weighted by Crippen LogP contribution is -2.30. The highest BCUT2D eigenvalue weighted by Crippen LogP contribution is 2.33. The summed E-state index contributed by atoms with van der Waals surface area (Å²) in [6.45, 7) is 7.21. The summed E-state index contributed by atoms with van der Waals surface area (Å²) >= 11 is 0. The SMILES string of the molecule is Cc1ccc(OC(C)C(=O)Nc2c(C(=O)c3ccc(C)c(F)c3)oc3ccccc23)cc1C. The zero-order valence-corrected chi connectivity index (χ0v) is 18.9. The first-order valence-electron chi connectivity index (χ1n) is 10.6. The number of fused-ring (bicyclic) bond motifs is 1. The lowest BCUT2D eigenvalue weighted by Gasteiger charge is -2.15. The van der Waals surface area contributed by atoms with Crippen LogP contribution in [-0.4, -0.2) is 17.8 Å². The van der Waals surface area contributed by atoms with Crippen molar-refractivity contribution >= 4 is 28.3 Å². The molecule has 0 saturated carbocycles. The van der Waals surface area contributed by atoms with Crippen LogP contribution in [0.1, 0.15) is 39.7 Å². The standard InChI is InChI=1S/C27H24FNO4/c1-15-10-12-20(13-17(15)3)32-18(4)27(31)29-24-21-7-5-6-8-23(21)33-26(24)25(30)19-11-9-16(2)22(28)14-19/h5-14,18H,1-4H3,(H,29,31). The van der Waals surface area contributed by atoms with Crippen LogP contribution >= 0.6 is 0 Å². The molecular formula is C27H24FNO4. The monoisotopic (exact) mass is 445 g/mol. The molecule has 6 heteroatoms. The first-order chi connectivity index (χ1) is 15.7. The molecule has 0 saturated heterocycles. The van der Waals surface area contributed by atoms with Crippen LogP contribution in [0.3, 0.4) is 0 Å². The zero-order valence-electron chi connectivity index (χ0n) is 18.9. The fraction of sp³-hybridized carbons (Fsp3) is 0.185. The number of rotatable bonds is 6. The van der Waals surface area contributed by atoms with E-state index in [4.69, 9.17) is 9.15 Å². The topological polar surface area (TPSA) is 68.5 Å². The molecule has 3 aromatic carbocycles. The molecule has 1 aromatic heterocycles. The fourth-order valence-corrected chi connectivity index (χ4v) is 3.46. The van der Waals surface area contributed by atoms with Gasteiger partial charge in [-0.05, 0) is 74.7 Å². The number of nitrogens with one attached hydrogen (secondary N) is 1. The molecule has 0 aliphatic carbocycles. The molecule has 0 bridgehead atoms. The molecule has 1 heterocycles. The number of carbonyl (C=O) groups is 2. The first kappa shape index (κ1) is 22.3. The average Bonchev–Trinajstić information content (AvgIpc) is 3.16. The number of ketones is 1. The van der Waals surface area contributed by atoms with Crippen LogP contribution < -0.4 is 10.1 Å². The first-order valence-corrected chi connectivity index (χ1v) is 10.6. The lowest BCUT2D eigenvalue weighted by molar-refractivity contribution is -0.122. The van der Waals surface area contributed by atoms with Crippen molar-refractivity contribution in [3.05, 3.63) is 94.5 Å². The van der Waals surface area contributed by atoms with Crippen LogP contribution in [0.4, 0.5) is 10.1 Å². The van der Waals surface area contributed by atoms with E-state index in [-0.39, 0.29) is 17.0 Å². The Morgan fingerprint density at radius 3 is 2.39 bits per heavy atom. The van der Waals surface area contributed by atoms with Crippen molar-refractivity contribution in [1.82, 2.24) is 0 Å². The van der Waals surface area contributed by atoms with E-state index in [0.29, 0.717) is 22.3 Å². The van der Waals surface area contributed by atoms with Crippen LogP contribution in [0, 0.1) is 26.6 Å². The maximum Gasteiger partial charge on any atom is 0.265 e. The number of carbonyl (C=O) groups excluding carboxylic acids is 2. The molecule has 1 N–H and O–H groups in total. The van der Waals surface area contributed by atoms with Gasteiger partial charge in [-0.3, -0.25) is 9.59 Å². The van der Waals surface area contributed by atoms with Crippen molar-refractivity contribution < 1.29 is 23.1 Å². The van der Waals surface area contributed by atoms with Gasteiger partial charge in [0.25, 0.3) is 5.91 Å². The normalized spacial score (nSPS) is 11.9. The van der Waals surface area contributed by atoms with E-state index < -0.39 is 23.6 Å². The lowest BCUT2D eigenvalue weighted by atomic mass is 10.0. The molecule has 168 valence electrons. The summed E-state index contributed by atoms with van der Waals surface area (Å²) in [7, 11) is 0. The minimum atomic E-state index is -0.833. The molecule has 5 nitrogen and oxygen atoms in total. The zero-order chi connectivity index (χ0) is 23.7. The van der Waals surface area contributed by atoms with E-state index in [2.05, 4.69) is 5.32 Å². The number of ether oxygens (including phenoxy) is 1. The molecule has 1 atom stereocenters. The molecule has 1 amide bonds. The summed E-state index contributed by atoms with van der Waals surface area (Å²) in [5.74, 6) is -0.944. The highest BCUT2D eigenvalue weighted by molar-refractivity contribution is 6.17. The number of anilines is 1. The Bertz CT molecular complexity index is 1370. The van der Waals surface area contributed by atoms with Gasteiger partial charge in [-0.25, -0.2) is 4.39 Å². The van der Waals surface area contributed by atoms with E-state index >= 15 is 0 Å². The predicted octanol–water partition coefficient (Wildman–Crippen LogP) is 6.13. The third-order valence-corrected chi connectivity index (χ3v) is 5.64. The van der Waals surface area contributed by atoms with Crippen molar-refractivity contribution in [2.75, 3.05) is 5.32 Å². The number of aryl methyl sites for hydroxylation is 3. The second-order valence-corrected chi connectivity index (χ2v) is 8.09. The van der Waals surface area contributed by atoms with Gasteiger partial charge < -0.3 is 14.5 Å². The molecular weight excluding hydrogens is 421 g/mol. The van der Waals surface area contributed by atoms with Crippen LogP contribution in [0.5, 0.6) is 5.75 Å². The summed E-state index contributed by atoms with van der Waals surface area (Å²) in [5, 5.41) is 3.35. The minimum Gasteiger partial charge on any atom is -0.481 e. The van der Waals surface area contributed by atoms with Crippen LogP contribution in [0.15, 0.2) is 65.1 Å². The number of hydrogen-bond acceptors (Lipinski definition) is 4. The highest BCUT2D eigenvalue weighted by atomic mass is 19.1. The van der Waals surface area contributed by atoms with Gasteiger partial charge >= 0.3 is 0 Å². The van der Waals surface area contributed by atoms with E-state index in [1.54, 1.807) is 44.2 Å². The Kier molecular flexibility index (Phi) is 6.01. The molecule has 4 rings (SSSR count). The number of halogens is 1. The average molecular weight is 445 g/mol. The van der Waals surface area contributed by atoms with Gasteiger partial charge in [0.05, 0.1) is 5.69 Å². The van der Waals surface area contributed by atoms with E-state index in [1.807, 2.05) is 26.0 Å². The molecule has 0 aliphatic heterocycles. The maximum atomic E-state index is 14.1. The summed E-state index contributed by atoms with van der Waals surface area (Å²) in [6, 6.07) is 16.8. The number of benzene rings is 3. The molecule has 4 aromatic rings. The Hall–Kier alpha value is -3.93. The smallest absolute Gasteiger partial charge is 0.265 e. The largest absolute Gasteiger partial charge is 0.481 e. The Balaban J connectivity index is 1.65. The van der Waals surface area contributed by atoms with Crippen molar-refractivity contribution in [2.24, 2.45) is 0 Å². The Labute approximate surface area is 191 Å². The minimum absolute atomic E-state index is 0.0637. The van der Waals surface area contributed by atoms with Crippen molar-refractivity contribution in [3.8, 4) is 5.75 Å². The predicted molar refractivity (Wildman–Crippen MR) is 125 cm³/mol. The quantitative estimate of drug-likeness (QED) is 0.362. The third-order valence-electron chi connectivity index (χ3n) is 5.64. The van der Waals surface area contributed by atoms with Gasteiger partial charge in [-0.2, -0.15) is 0 Å². The Morgan fingerprint density at radius 2 is 1.67 bits per heavy atom. The Morgan fingerprint density at radius 1 is 0.939 bits per heavy atom. The number of hydrogen-bond donors (Lipinski definition) is 1. The van der Waals surface area contributed by atoms with Gasteiger partial charge in [0.15, 0.2) is 11.9 Å². The summed E-state index contributed by atoms with van der Waals surface area (Å²) in [5.41, 5.74) is 3.41. The summed E-state index contributed by atoms with van der Waals surface area (Å²) in [4.78, 5) is 26.1. The molecule has 0 fully saturated rings. The second-order valence-electron chi connectivity index (χ2n) is 8.09. The summed E-state index contributed by atoms with van der Waals surface area (Å²) < 4.78 is 25.7. The fourth-order valence-electron chi connectivity index (χ4n) is 3.46. The second kappa shape index (κ2) is 8.90. The van der Waals surface area contributed by atoms with E-state index in [0.717, 1.165) is 11.1 Å². The van der Waals surface area contributed by atoms with Gasteiger partial charge in [-0.15, -0.1) is 0 Å². The molecule has 1 unspecified atom stereocenters. The van der Waals surface area contributed by atoms with Gasteiger partial charge in [-0.1, -0.05) is 30.3 Å². The summed E-state index contributed by atoms with van der Waals surface area (Å²) in [6.07, 6.45) is -0.833. The van der Waals surface area contributed by atoms with Crippen LogP contribution in [-0.2, 0) is 4.79 Å². The van der Waals surface area contributed by atoms with Gasteiger partial charge in [0.1, 0.15) is 17.1 Å². The molecule has 0 aliphatic rings. The van der Waals surface area contributed by atoms with Gasteiger partial charge in [0.2, 0.25) is 5.78 Å². The maximum absolute atomic E-state index is 14.1. The highest BCUT2D eigenvalue weighted by Gasteiger charge is 2.26. The van der Waals surface area contributed by atoms with E-state index in [1.165, 1.54) is 18.2 Å². The van der Waals surface area contributed by atoms with E-state index in [9.17, 15) is 14.0 Å². The number of para-hydroxylation sites is 1. The van der Waals surface area contributed by atoms with Crippen molar-refractivity contribution in [2.45, 2.75) is 33.8 Å².